The van der Waals surface area contributed by atoms with Crippen LogP contribution in [0.5, 0.6) is 0 Å². The average Bonchev–Trinajstić information content (AvgIpc) is 2.03. The number of halogens is 2. The maximum absolute atomic E-state index is 12.3. The maximum atomic E-state index is 12.3. The number of rotatable bonds is 2. The lowest BCUT2D eigenvalue weighted by molar-refractivity contribution is -0.384. The summed E-state index contributed by atoms with van der Waals surface area (Å²) in [6.07, 6.45) is -3.70. The molecule has 0 N–H and O–H groups in total. The highest BCUT2D eigenvalue weighted by atomic mass is 19.3. The second kappa shape index (κ2) is 3.25. The molecule has 1 aromatic carbocycles. The van der Waals surface area contributed by atoms with E-state index in [2.05, 4.69) is 0 Å². The maximum Gasteiger partial charge on any atom is 0.269 e. The summed E-state index contributed by atoms with van der Waals surface area (Å²) in [5.41, 5.74) is -0.828. The molecule has 0 amide bonds. The molecule has 0 heterocycles. The third kappa shape index (κ3) is 1.75. The van der Waals surface area contributed by atoms with E-state index in [4.69, 9.17) is 1.37 Å². The van der Waals surface area contributed by atoms with E-state index in [1.807, 2.05) is 0 Å². The van der Waals surface area contributed by atoms with Crippen molar-refractivity contribution >= 4 is 5.69 Å². The number of nitrogens with zero attached hydrogens (tertiary/aromatic N) is 1. The van der Waals surface area contributed by atoms with Crippen LogP contribution in [0.25, 0.3) is 0 Å². The Hall–Kier alpha value is -1.52. The van der Waals surface area contributed by atoms with E-state index < -0.39 is 16.9 Å². The van der Waals surface area contributed by atoms with E-state index >= 15 is 0 Å². The van der Waals surface area contributed by atoms with Crippen LogP contribution in [-0.4, -0.2) is 4.92 Å². The molecule has 1 aromatic rings. The van der Waals surface area contributed by atoms with Gasteiger partial charge in [0.2, 0.25) is 0 Å². The first-order valence-corrected chi connectivity index (χ1v) is 3.04. The van der Waals surface area contributed by atoms with E-state index in [9.17, 15) is 18.9 Å². The van der Waals surface area contributed by atoms with Gasteiger partial charge in [-0.15, -0.1) is 0 Å². The van der Waals surface area contributed by atoms with E-state index in [1.165, 1.54) is 0 Å². The highest BCUT2D eigenvalue weighted by Gasteiger charge is 2.09. The second-order valence-electron chi connectivity index (χ2n) is 2.06. The molecular weight excluding hydrogens is 168 g/mol. The van der Waals surface area contributed by atoms with Crippen LogP contribution in [0, 0.1) is 10.1 Å². The van der Waals surface area contributed by atoms with Crippen molar-refractivity contribution in [3.63, 3.8) is 0 Å². The molecule has 0 bridgehead atoms. The molecule has 0 saturated carbocycles. The van der Waals surface area contributed by atoms with Gasteiger partial charge in [0.05, 0.1) is 4.92 Å². The Kier molecular flexibility index (Phi) is 1.94. The Bertz CT molecular complexity index is 320. The van der Waals surface area contributed by atoms with Gasteiger partial charge < -0.3 is 0 Å². The van der Waals surface area contributed by atoms with Crippen molar-refractivity contribution in [3.8, 4) is 0 Å². The summed E-state index contributed by atoms with van der Waals surface area (Å²) in [6, 6.07) is 3.62. The number of benzene rings is 1. The van der Waals surface area contributed by atoms with E-state index in [0.29, 0.717) is 0 Å². The molecule has 3 nitrogen and oxygen atoms in total. The zero-order chi connectivity index (χ0) is 10.1. The van der Waals surface area contributed by atoms with Gasteiger partial charge in [-0.2, -0.15) is 0 Å². The molecule has 1 rings (SSSR count). The predicted octanol–water partition coefficient (Wildman–Crippen LogP) is 2.53. The summed E-state index contributed by atoms with van der Waals surface area (Å²) < 4.78 is 30.9. The molecular formula is C7H5F2NO2. The normalized spacial score (nSPS) is 12.3. The van der Waals surface area contributed by atoms with Crippen LogP contribution in [0.2, 0.25) is 0 Å². The lowest BCUT2D eigenvalue weighted by Crippen LogP contribution is -1.88. The third-order valence-corrected chi connectivity index (χ3v) is 1.30. The van der Waals surface area contributed by atoms with Crippen molar-refractivity contribution in [2.75, 3.05) is 0 Å². The fraction of sp³-hybridized carbons (Fsp3) is 0.143. The first-order chi connectivity index (χ1) is 5.91. The fourth-order valence-corrected chi connectivity index (χ4v) is 0.709. The van der Waals surface area contributed by atoms with Gasteiger partial charge in [-0.25, -0.2) is 8.78 Å². The summed E-state index contributed by atoms with van der Waals surface area (Å²) in [5, 5.41) is 10.1. The Morgan fingerprint density at radius 1 is 1.42 bits per heavy atom. The summed E-state index contributed by atoms with van der Waals surface area (Å²) in [6.45, 7) is 0. The van der Waals surface area contributed by atoms with E-state index in [1.54, 1.807) is 0 Å². The van der Waals surface area contributed by atoms with Crippen LogP contribution in [0.15, 0.2) is 24.3 Å². The summed E-state index contributed by atoms with van der Waals surface area (Å²) in [4.78, 5) is 9.44. The lowest BCUT2D eigenvalue weighted by Gasteiger charge is -1.96. The molecule has 0 aliphatic carbocycles. The van der Waals surface area contributed by atoms with Crippen molar-refractivity contribution < 1.29 is 15.1 Å². The SMILES string of the molecule is [2H]C(F)(F)c1ccc([N+](=O)[O-])cc1. The number of non-ortho nitro benzene ring substituents is 1. The highest BCUT2D eigenvalue weighted by molar-refractivity contribution is 5.33. The van der Waals surface area contributed by atoms with Crippen LogP contribution in [0.3, 0.4) is 0 Å². The molecule has 0 fully saturated rings. The molecule has 5 heteroatoms. The second-order valence-corrected chi connectivity index (χ2v) is 2.06. The van der Waals surface area contributed by atoms with Gasteiger partial charge >= 0.3 is 0 Å². The largest absolute Gasteiger partial charge is 0.269 e. The van der Waals surface area contributed by atoms with Gasteiger partial charge in [-0.3, -0.25) is 10.1 Å². The molecule has 0 radical (unpaired) electrons. The van der Waals surface area contributed by atoms with Gasteiger partial charge in [0.1, 0.15) is 1.37 Å². The number of nitro benzene ring substituents is 1. The number of alkyl halides is 2. The third-order valence-electron chi connectivity index (χ3n) is 1.30. The van der Waals surface area contributed by atoms with E-state index in [-0.39, 0.29) is 5.69 Å². The first-order valence-electron chi connectivity index (χ1n) is 3.54. The van der Waals surface area contributed by atoms with Crippen molar-refractivity contribution in [2.24, 2.45) is 0 Å². The summed E-state index contributed by atoms with van der Waals surface area (Å²) in [7, 11) is 0. The van der Waals surface area contributed by atoms with Crippen LogP contribution in [0.4, 0.5) is 14.5 Å². The Morgan fingerprint density at radius 3 is 2.25 bits per heavy atom. The van der Waals surface area contributed by atoms with Crippen molar-refractivity contribution in [1.82, 2.24) is 0 Å². The topological polar surface area (TPSA) is 43.1 Å². The molecule has 12 heavy (non-hydrogen) atoms. The minimum Gasteiger partial charge on any atom is -0.258 e. The van der Waals surface area contributed by atoms with Crippen LogP contribution in [-0.2, 0) is 0 Å². The summed E-state index contributed by atoms with van der Waals surface area (Å²) in [5.74, 6) is 0. The zero-order valence-corrected chi connectivity index (χ0v) is 5.83. The van der Waals surface area contributed by atoms with Gasteiger partial charge in [0, 0.05) is 17.7 Å². The number of hydrogen-bond acceptors (Lipinski definition) is 2. The smallest absolute Gasteiger partial charge is 0.258 e. The standard InChI is InChI=1S/C7H5F2NO2/c8-7(9)5-1-3-6(4-2-5)10(11)12/h1-4,7H/i7D. The molecule has 0 unspecified atom stereocenters. The van der Waals surface area contributed by atoms with Crippen LogP contribution in [0.1, 0.15) is 13.3 Å². The van der Waals surface area contributed by atoms with Gasteiger partial charge in [0.15, 0.2) is 0 Å². The fourth-order valence-electron chi connectivity index (χ4n) is 0.709. The van der Waals surface area contributed by atoms with Gasteiger partial charge in [-0.1, -0.05) is 0 Å². The molecule has 0 aliphatic rings. The zero-order valence-electron chi connectivity index (χ0n) is 6.83. The van der Waals surface area contributed by atoms with E-state index in [0.717, 1.165) is 24.3 Å². The molecule has 64 valence electrons. The molecule has 0 spiro atoms. The monoisotopic (exact) mass is 174 g/mol. The van der Waals surface area contributed by atoms with Crippen LogP contribution >= 0.6 is 0 Å². The first kappa shape index (κ1) is 7.15. The van der Waals surface area contributed by atoms with Crippen molar-refractivity contribution in [1.29, 1.82) is 0 Å². The molecule has 0 aliphatic heterocycles. The highest BCUT2D eigenvalue weighted by Crippen LogP contribution is 2.20. The summed E-state index contributed by atoms with van der Waals surface area (Å²) >= 11 is 0. The molecule has 0 aromatic heterocycles. The van der Waals surface area contributed by atoms with Gasteiger partial charge in [-0.05, 0) is 12.1 Å². The van der Waals surface area contributed by atoms with Crippen molar-refractivity contribution in [2.45, 2.75) is 6.40 Å². The van der Waals surface area contributed by atoms with Crippen molar-refractivity contribution in [3.05, 3.63) is 39.9 Å². The minimum atomic E-state index is -3.70. The average molecular weight is 174 g/mol. The molecule has 0 atom stereocenters. The Balaban J connectivity index is 3.01. The lowest BCUT2D eigenvalue weighted by atomic mass is 10.2. The predicted molar refractivity (Wildman–Crippen MR) is 38.1 cm³/mol. The quantitative estimate of drug-likeness (QED) is 0.510. The molecule has 0 saturated heterocycles. The Morgan fingerprint density at radius 2 is 1.92 bits per heavy atom. The van der Waals surface area contributed by atoms with Gasteiger partial charge in [0.25, 0.3) is 12.1 Å². The number of hydrogen-bond donors (Lipinski definition) is 0. The number of nitro groups is 1. The van der Waals surface area contributed by atoms with Crippen LogP contribution < -0.4 is 0 Å². The Labute approximate surface area is 68.2 Å². The minimum absolute atomic E-state index is 0.270.